The van der Waals surface area contributed by atoms with Crippen LogP contribution in [0.2, 0.25) is 0 Å². The van der Waals surface area contributed by atoms with Gasteiger partial charge in [0, 0.05) is 43.3 Å². The minimum Gasteiger partial charge on any atom is -0.484 e. The Morgan fingerprint density at radius 2 is 1.68 bits per heavy atom. The molecule has 0 radical (unpaired) electrons. The molecule has 1 amide bonds. The van der Waals surface area contributed by atoms with Crippen molar-refractivity contribution in [1.29, 1.82) is 0 Å². The second-order valence-electron chi connectivity index (χ2n) is 8.30. The van der Waals surface area contributed by atoms with Crippen molar-refractivity contribution in [1.82, 2.24) is 10.3 Å². The van der Waals surface area contributed by atoms with Crippen molar-refractivity contribution in [2.75, 3.05) is 30.9 Å². The van der Waals surface area contributed by atoms with Crippen molar-refractivity contribution >= 4 is 28.3 Å². The molecule has 6 heteroatoms. The maximum atomic E-state index is 12.2. The number of nitrogens with zero attached hydrogens (tertiary/aromatic N) is 2. The lowest BCUT2D eigenvalue weighted by atomic mass is 9.91. The molecule has 1 fully saturated rings. The highest BCUT2D eigenvalue weighted by atomic mass is 16.5. The quantitative estimate of drug-likeness (QED) is 0.601. The van der Waals surface area contributed by atoms with Crippen molar-refractivity contribution < 1.29 is 9.53 Å². The number of hydrogen-bond acceptors (Lipinski definition) is 5. The summed E-state index contributed by atoms with van der Waals surface area (Å²) in [5, 5.41) is 7.88. The molecule has 3 aromatic rings. The Morgan fingerprint density at radius 1 is 1.00 bits per heavy atom. The second kappa shape index (κ2) is 9.69. The van der Waals surface area contributed by atoms with E-state index in [-0.39, 0.29) is 18.6 Å². The molecule has 0 bridgehead atoms. The summed E-state index contributed by atoms with van der Waals surface area (Å²) in [6.07, 6.45) is 3.89. The molecule has 0 spiro atoms. The van der Waals surface area contributed by atoms with Crippen molar-refractivity contribution in [3.8, 4) is 5.75 Å². The van der Waals surface area contributed by atoms with Crippen molar-refractivity contribution in [2.45, 2.75) is 37.8 Å². The van der Waals surface area contributed by atoms with Gasteiger partial charge in [-0.15, -0.1) is 0 Å². The van der Waals surface area contributed by atoms with Crippen LogP contribution in [0.3, 0.4) is 0 Å². The van der Waals surface area contributed by atoms with Crippen LogP contribution in [0.4, 0.5) is 11.5 Å². The van der Waals surface area contributed by atoms with Gasteiger partial charge in [0.25, 0.3) is 5.91 Å². The summed E-state index contributed by atoms with van der Waals surface area (Å²) in [6.45, 7) is 0.0521. The van der Waals surface area contributed by atoms with Crippen LogP contribution in [0.25, 0.3) is 10.9 Å². The van der Waals surface area contributed by atoms with E-state index in [2.05, 4.69) is 47.8 Å². The van der Waals surface area contributed by atoms with Gasteiger partial charge < -0.3 is 20.3 Å². The minimum atomic E-state index is -0.0629. The predicted octanol–water partition coefficient (Wildman–Crippen LogP) is 4.22. The van der Waals surface area contributed by atoms with Crippen LogP contribution in [0, 0.1) is 0 Å². The number of fused-ring (bicyclic) bond motifs is 1. The number of pyridine rings is 1. The normalized spacial score (nSPS) is 18.4. The molecule has 0 atom stereocenters. The van der Waals surface area contributed by atoms with Gasteiger partial charge in [-0.25, -0.2) is 4.98 Å². The van der Waals surface area contributed by atoms with Gasteiger partial charge in [-0.05, 0) is 43.9 Å². The van der Waals surface area contributed by atoms with Gasteiger partial charge >= 0.3 is 0 Å². The molecule has 2 aromatic carbocycles. The number of ether oxygens (including phenoxy) is 1. The second-order valence-corrected chi connectivity index (χ2v) is 8.30. The summed E-state index contributed by atoms with van der Waals surface area (Å²) in [4.78, 5) is 19.1. The number of hydrogen-bond donors (Lipinski definition) is 2. The lowest BCUT2D eigenvalue weighted by molar-refractivity contribution is -0.124. The first-order chi connectivity index (χ1) is 15.1. The molecule has 1 aliphatic rings. The molecule has 1 saturated carbocycles. The zero-order chi connectivity index (χ0) is 21.6. The minimum absolute atomic E-state index is 0.0521. The van der Waals surface area contributed by atoms with Crippen molar-refractivity contribution in [3.05, 3.63) is 60.7 Å². The summed E-state index contributed by atoms with van der Waals surface area (Å²) in [5.41, 5.74) is 2.16. The summed E-state index contributed by atoms with van der Waals surface area (Å²) in [5.74, 6) is 1.56. The molecule has 0 saturated heterocycles. The standard InChI is InChI=1S/C25H30N4O2/c1-29(2)23-16-24(28-22-11-7-6-10-21(22)23)26-18-12-14-19(15-13-18)27-25(30)17-31-20-8-4-3-5-9-20/h3-11,16,18-19H,12-15,17H2,1-2H3,(H,26,28)(H,27,30)/t18-,19+. The monoisotopic (exact) mass is 418 g/mol. The lowest BCUT2D eigenvalue weighted by Crippen LogP contribution is -2.42. The number of benzene rings is 2. The highest BCUT2D eigenvalue weighted by Crippen LogP contribution is 2.29. The third kappa shape index (κ3) is 5.45. The first kappa shape index (κ1) is 21.0. The zero-order valence-electron chi connectivity index (χ0n) is 18.2. The van der Waals surface area contributed by atoms with Crippen LogP contribution >= 0.6 is 0 Å². The average Bonchev–Trinajstić information content (AvgIpc) is 2.79. The van der Waals surface area contributed by atoms with Crippen LogP contribution in [0.1, 0.15) is 25.7 Å². The van der Waals surface area contributed by atoms with Gasteiger partial charge in [0.1, 0.15) is 11.6 Å². The largest absolute Gasteiger partial charge is 0.484 e. The van der Waals surface area contributed by atoms with Gasteiger partial charge in [-0.3, -0.25) is 4.79 Å². The maximum absolute atomic E-state index is 12.2. The Labute approximate surface area is 183 Å². The number of anilines is 2. The number of amides is 1. The number of para-hydroxylation sites is 2. The molecule has 6 nitrogen and oxygen atoms in total. The van der Waals surface area contributed by atoms with E-state index >= 15 is 0 Å². The summed E-state index contributed by atoms with van der Waals surface area (Å²) in [6, 6.07) is 20.3. The van der Waals surface area contributed by atoms with Crippen molar-refractivity contribution in [2.24, 2.45) is 0 Å². The zero-order valence-corrected chi connectivity index (χ0v) is 18.2. The average molecular weight is 419 g/mol. The van der Waals surface area contributed by atoms with E-state index in [1.54, 1.807) is 0 Å². The third-order valence-electron chi connectivity index (χ3n) is 5.73. The molecule has 2 N–H and O–H groups in total. The van der Waals surface area contributed by atoms with E-state index in [9.17, 15) is 4.79 Å². The molecule has 0 unspecified atom stereocenters. The molecule has 162 valence electrons. The molecular weight excluding hydrogens is 388 g/mol. The Hall–Kier alpha value is -3.28. The first-order valence-electron chi connectivity index (χ1n) is 10.9. The van der Waals surface area contributed by atoms with E-state index in [0.717, 1.165) is 48.1 Å². The fraction of sp³-hybridized carbons (Fsp3) is 0.360. The summed E-state index contributed by atoms with van der Waals surface area (Å²) >= 11 is 0. The van der Waals surface area contributed by atoms with Gasteiger partial charge in [0.15, 0.2) is 6.61 Å². The third-order valence-corrected chi connectivity index (χ3v) is 5.73. The number of rotatable bonds is 7. The Balaban J connectivity index is 1.29. The molecule has 1 heterocycles. The molecule has 31 heavy (non-hydrogen) atoms. The van der Waals surface area contributed by atoms with Crippen LogP contribution in [-0.2, 0) is 4.79 Å². The Bertz CT molecular complexity index is 1010. The predicted molar refractivity (Wildman–Crippen MR) is 126 cm³/mol. The van der Waals surface area contributed by atoms with Gasteiger partial charge in [-0.2, -0.15) is 0 Å². The van der Waals surface area contributed by atoms with E-state index in [0.29, 0.717) is 11.8 Å². The number of nitrogens with one attached hydrogen (secondary N) is 2. The Kier molecular flexibility index (Phi) is 6.55. The molecule has 0 aliphatic heterocycles. The highest BCUT2D eigenvalue weighted by molar-refractivity contribution is 5.93. The molecule has 4 rings (SSSR count). The SMILES string of the molecule is CN(C)c1cc(N[C@H]2CC[C@@H](NC(=O)COc3ccccc3)CC2)nc2ccccc12. The van der Waals surface area contributed by atoms with E-state index < -0.39 is 0 Å². The van der Waals surface area contributed by atoms with Gasteiger partial charge in [0.05, 0.1) is 5.52 Å². The van der Waals surface area contributed by atoms with Crippen LogP contribution in [0.15, 0.2) is 60.7 Å². The maximum Gasteiger partial charge on any atom is 0.258 e. The van der Waals surface area contributed by atoms with Gasteiger partial charge in [-0.1, -0.05) is 36.4 Å². The summed E-state index contributed by atoms with van der Waals surface area (Å²) in [7, 11) is 4.11. The van der Waals surface area contributed by atoms with Gasteiger partial charge in [0.2, 0.25) is 0 Å². The molecule has 1 aromatic heterocycles. The summed E-state index contributed by atoms with van der Waals surface area (Å²) < 4.78 is 5.54. The van der Waals surface area contributed by atoms with E-state index in [4.69, 9.17) is 9.72 Å². The van der Waals surface area contributed by atoms with E-state index in [1.807, 2.05) is 42.5 Å². The first-order valence-corrected chi connectivity index (χ1v) is 10.9. The number of aromatic nitrogens is 1. The van der Waals surface area contributed by atoms with Crippen LogP contribution < -0.4 is 20.3 Å². The van der Waals surface area contributed by atoms with E-state index in [1.165, 1.54) is 0 Å². The Morgan fingerprint density at radius 3 is 2.42 bits per heavy atom. The van der Waals surface area contributed by atoms with Crippen LogP contribution in [0.5, 0.6) is 5.75 Å². The highest BCUT2D eigenvalue weighted by Gasteiger charge is 2.23. The van der Waals surface area contributed by atoms with Crippen LogP contribution in [-0.4, -0.2) is 43.7 Å². The fourth-order valence-corrected chi connectivity index (χ4v) is 4.13. The number of carbonyl (C=O) groups excluding carboxylic acids is 1. The van der Waals surface area contributed by atoms with Crippen molar-refractivity contribution in [3.63, 3.8) is 0 Å². The lowest BCUT2D eigenvalue weighted by Gasteiger charge is -2.30. The smallest absolute Gasteiger partial charge is 0.258 e. The molecule has 1 aliphatic carbocycles. The molecular formula is C25H30N4O2. The number of carbonyl (C=O) groups is 1. The fourth-order valence-electron chi connectivity index (χ4n) is 4.13. The topological polar surface area (TPSA) is 66.5 Å².